The SMILES string of the molecule is Cc1ccnc(-n2c(C)cc(C=C(C#N)c3ccccc3F)c2C)c1. The lowest BCUT2D eigenvalue weighted by molar-refractivity contribution is 0.624. The van der Waals surface area contributed by atoms with Gasteiger partial charge in [-0.1, -0.05) is 18.2 Å². The van der Waals surface area contributed by atoms with Gasteiger partial charge >= 0.3 is 0 Å². The molecule has 124 valence electrons. The summed E-state index contributed by atoms with van der Waals surface area (Å²) in [6, 6.07) is 14.4. The Hall–Kier alpha value is -3.19. The summed E-state index contributed by atoms with van der Waals surface area (Å²) in [6.07, 6.45) is 3.51. The van der Waals surface area contributed by atoms with Gasteiger partial charge in [-0.15, -0.1) is 0 Å². The molecule has 0 spiro atoms. The number of pyridine rings is 1. The number of benzene rings is 1. The van der Waals surface area contributed by atoms with E-state index in [1.165, 1.54) is 6.07 Å². The van der Waals surface area contributed by atoms with E-state index < -0.39 is 5.82 Å². The Labute approximate surface area is 146 Å². The number of hydrogen-bond donors (Lipinski definition) is 0. The molecule has 3 rings (SSSR count). The zero-order valence-corrected chi connectivity index (χ0v) is 14.4. The zero-order valence-electron chi connectivity index (χ0n) is 14.4. The van der Waals surface area contributed by atoms with E-state index in [4.69, 9.17) is 0 Å². The van der Waals surface area contributed by atoms with E-state index >= 15 is 0 Å². The Morgan fingerprint density at radius 3 is 2.60 bits per heavy atom. The van der Waals surface area contributed by atoms with E-state index in [0.29, 0.717) is 11.1 Å². The van der Waals surface area contributed by atoms with E-state index in [1.807, 2.05) is 43.5 Å². The number of allylic oxidation sites excluding steroid dienone is 1. The lowest BCUT2D eigenvalue weighted by atomic mass is 10.0. The predicted octanol–water partition coefficient (Wildman–Crippen LogP) is 5.00. The molecule has 0 unspecified atom stereocenters. The molecule has 3 aromatic rings. The smallest absolute Gasteiger partial charge is 0.137 e. The third-order valence-electron chi connectivity index (χ3n) is 4.18. The van der Waals surface area contributed by atoms with Crippen LogP contribution in [0, 0.1) is 37.9 Å². The van der Waals surface area contributed by atoms with E-state index in [1.54, 1.807) is 30.5 Å². The second kappa shape index (κ2) is 6.74. The number of rotatable bonds is 3. The second-order valence-electron chi connectivity index (χ2n) is 6.00. The van der Waals surface area contributed by atoms with Crippen LogP contribution < -0.4 is 0 Å². The fourth-order valence-electron chi connectivity index (χ4n) is 2.93. The number of hydrogen-bond acceptors (Lipinski definition) is 2. The van der Waals surface area contributed by atoms with Gasteiger partial charge in [-0.05, 0) is 62.2 Å². The average molecular weight is 331 g/mol. The fourth-order valence-corrected chi connectivity index (χ4v) is 2.93. The Balaban J connectivity index is 2.12. The van der Waals surface area contributed by atoms with Crippen LogP contribution in [-0.4, -0.2) is 9.55 Å². The molecule has 0 aliphatic carbocycles. The van der Waals surface area contributed by atoms with Crippen molar-refractivity contribution in [3.63, 3.8) is 0 Å². The molecule has 0 saturated carbocycles. The summed E-state index contributed by atoms with van der Waals surface area (Å²) in [5.41, 5.74) is 4.57. The number of nitrogens with zero attached hydrogens (tertiary/aromatic N) is 3. The minimum atomic E-state index is -0.399. The Morgan fingerprint density at radius 2 is 1.92 bits per heavy atom. The van der Waals surface area contributed by atoms with Gasteiger partial charge in [0.05, 0.1) is 11.6 Å². The van der Waals surface area contributed by atoms with Crippen LogP contribution in [0.25, 0.3) is 17.5 Å². The highest BCUT2D eigenvalue weighted by Crippen LogP contribution is 2.26. The maximum absolute atomic E-state index is 14.0. The van der Waals surface area contributed by atoms with Gasteiger partial charge in [0.25, 0.3) is 0 Å². The van der Waals surface area contributed by atoms with Gasteiger partial charge in [0, 0.05) is 23.1 Å². The van der Waals surface area contributed by atoms with Crippen molar-refractivity contribution in [3.8, 4) is 11.9 Å². The van der Waals surface area contributed by atoms with Crippen molar-refractivity contribution in [1.29, 1.82) is 5.26 Å². The van der Waals surface area contributed by atoms with Crippen molar-refractivity contribution in [3.05, 3.63) is 82.6 Å². The van der Waals surface area contributed by atoms with Crippen LogP contribution in [0.1, 0.15) is 28.1 Å². The number of halogens is 1. The standard InChI is InChI=1S/C21H18FN3/c1-14-8-9-24-21(10-14)25-15(2)11-17(16(25)3)12-18(13-23)19-6-4-5-7-20(19)22/h4-12H,1-3H3. The molecule has 0 amide bonds. The molecule has 2 heterocycles. The molecule has 1 aromatic carbocycles. The lowest BCUT2D eigenvalue weighted by Gasteiger charge is -2.09. The Morgan fingerprint density at radius 1 is 1.16 bits per heavy atom. The van der Waals surface area contributed by atoms with E-state index in [-0.39, 0.29) is 0 Å². The van der Waals surface area contributed by atoms with Crippen LogP contribution in [0.4, 0.5) is 4.39 Å². The van der Waals surface area contributed by atoms with Crippen LogP contribution in [0.3, 0.4) is 0 Å². The van der Waals surface area contributed by atoms with Crippen LogP contribution in [0.2, 0.25) is 0 Å². The molecule has 2 aromatic heterocycles. The highest BCUT2D eigenvalue weighted by molar-refractivity contribution is 5.90. The van der Waals surface area contributed by atoms with Crippen LogP contribution >= 0.6 is 0 Å². The van der Waals surface area contributed by atoms with Crippen molar-refractivity contribution in [1.82, 2.24) is 9.55 Å². The highest BCUT2D eigenvalue weighted by Gasteiger charge is 2.13. The van der Waals surface area contributed by atoms with Gasteiger partial charge in [0.2, 0.25) is 0 Å². The maximum atomic E-state index is 14.0. The fraction of sp³-hybridized carbons (Fsp3) is 0.143. The first-order valence-corrected chi connectivity index (χ1v) is 8.00. The molecule has 0 atom stereocenters. The molecule has 0 radical (unpaired) electrons. The molecular formula is C21H18FN3. The highest BCUT2D eigenvalue weighted by atomic mass is 19.1. The van der Waals surface area contributed by atoms with Crippen LogP contribution in [0.5, 0.6) is 0 Å². The summed E-state index contributed by atoms with van der Waals surface area (Å²) in [5.74, 6) is 0.434. The molecule has 0 N–H and O–H groups in total. The van der Waals surface area contributed by atoms with Gasteiger partial charge < -0.3 is 4.57 Å². The zero-order chi connectivity index (χ0) is 18.0. The molecule has 0 fully saturated rings. The minimum absolute atomic E-state index is 0.301. The molecular weight excluding hydrogens is 313 g/mol. The normalized spacial score (nSPS) is 11.4. The largest absolute Gasteiger partial charge is 0.303 e. The lowest BCUT2D eigenvalue weighted by Crippen LogP contribution is -2.02. The van der Waals surface area contributed by atoms with Crippen molar-refractivity contribution < 1.29 is 4.39 Å². The summed E-state index contributed by atoms with van der Waals surface area (Å²) in [5, 5.41) is 9.48. The average Bonchev–Trinajstić information content (AvgIpc) is 2.87. The van der Waals surface area contributed by atoms with Gasteiger partial charge in [-0.25, -0.2) is 9.37 Å². The van der Waals surface area contributed by atoms with Crippen molar-refractivity contribution in [2.24, 2.45) is 0 Å². The first kappa shape index (κ1) is 16.7. The van der Waals surface area contributed by atoms with Gasteiger partial charge in [0.15, 0.2) is 0 Å². The van der Waals surface area contributed by atoms with Crippen LogP contribution in [-0.2, 0) is 0 Å². The molecule has 4 heteroatoms. The summed E-state index contributed by atoms with van der Waals surface area (Å²) in [4.78, 5) is 4.43. The third-order valence-corrected chi connectivity index (χ3v) is 4.18. The maximum Gasteiger partial charge on any atom is 0.137 e. The quantitative estimate of drug-likeness (QED) is 0.634. The second-order valence-corrected chi connectivity index (χ2v) is 6.00. The Bertz CT molecular complexity index is 1010. The summed E-state index contributed by atoms with van der Waals surface area (Å²) in [7, 11) is 0. The first-order chi connectivity index (χ1) is 12.0. The predicted molar refractivity (Wildman–Crippen MR) is 97.7 cm³/mol. The van der Waals surface area contributed by atoms with Gasteiger partial charge in [-0.3, -0.25) is 0 Å². The number of nitriles is 1. The molecule has 25 heavy (non-hydrogen) atoms. The number of aromatic nitrogens is 2. The van der Waals surface area contributed by atoms with E-state index in [0.717, 1.165) is 28.3 Å². The van der Waals surface area contributed by atoms with Crippen LogP contribution in [0.15, 0.2) is 48.7 Å². The topological polar surface area (TPSA) is 41.6 Å². The molecule has 0 bridgehead atoms. The number of aryl methyl sites for hydroxylation is 2. The summed E-state index contributed by atoms with van der Waals surface area (Å²) < 4.78 is 16.1. The summed E-state index contributed by atoms with van der Waals surface area (Å²) >= 11 is 0. The van der Waals surface area contributed by atoms with Crippen molar-refractivity contribution in [2.75, 3.05) is 0 Å². The first-order valence-electron chi connectivity index (χ1n) is 8.00. The summed E-state index contributed by atoms with van der Waals surface area (Å²) in [6.45, 7) is 5.98. The third kappa shape index (κ3) is 3.22. The molecule has 0 aliphatic rings. The Kier molecular flexibility index (Phi) is 4.49. The van der Waals surface area contributed by atoms with Gasteiger partial charge in [-0.2, -0.15) is 5.26 Å². The van der Waals surface area contributed by atoms with Crippen molar-refractivity contribution >= 4 is 11.6 Å². The van der Waals surface area contributed by atoms with Gasteiger partial charge in [0.1, 0.15) is 11.6 Å². The molecule has 3 nitrogen and oxygen atoms in total. The monoisotopic (exact) mass is 331 g/mol. The molecule has 0 aliphatic heterocycles. The van der Waals surface area contributed by atoms with Crippen molar-refractivity contribution in [2.45, 2.75) is 20.8 Å². The minimum Gasteiger partial charge on any atom is -0.303 e. The van der Waals surface area contributed by atoms with E-state index in [2.05, 4.69) is 11.1 Å². The van der Waals surface area contributed by atoms with E-state index in [9.17, 15) is 9.65 Å². The molecule has 0 saturated heterocycles.